The Balaban J connectivity index is 2.23. The molecule has 3 N–H and O–H groups in total. The number of halogens is 1. The molecule has 0 spiro atoms. The summed E-state index contributed by atoms with van der Waals surface area (Å²) < 4.78 is 0.906. The van der Waals surface area contributed by atoms with Crippen LogP contribution in [0.5, 0.6) is 5.75 Å². The van der Waals surface area contributed by atoms with Crippen LogP contribution in [-0.4, -0.2) is 22.5 Å². The van der Waals surface area contributed by atoms with Gasteiger partial charge in [-0.1, -0.05) is 15.9 Å². The van der Waals surface area contributed by atoms with Gasteiger partial charge in [0.2, 0.25) is 5.91 Å². The molecule has 2 aromatic rings. The molecular formula is C15H16BrN3O2. The number of phenolic OH excluding ortho intramolecular Hbond substituents is 1. The number of aromatic nitrogens is 1. The van der Waals surface area contributed by atoms with E-state index in [-0.39, 0.29) is 5.75 Å². The minimum atomic E-state index is -0.498. The number of rotatable bonds is 5. The van der Waals surface area contributed by atoms with Crippen LogP contribution in [0.4, 0.5) is 5.82 Å². The van der Waals surface area contributed by atoms with Gasteiger partial charge < -0.3 is 15.7 Å². The topological polar surface area (TPSA) is 79.5 Å². The van der Waals surface area contributed by atoms with E-state index in [9.17, 15) is 9.90 Å². The summed E-state index contributed by atoms with van der Waals surface area (Å²) in [5.41, 5.74) is 6.37. The van der Waals surface area contributed by atoms with E-state index in [1.54, 1.807) is 24.3 Å². The summed E-state index contributed by atoms with van der Waals surface area (Å²) in [6.07, 6.45) is 1.46. The van der Waals surface area contributed by atoms with E-state index in [0.717, 1.165) is 22.4 Å². The molecule has 6 heteroatoms. The number of aromatic hydroxyl groups is 1. The maximum Gasteiger partial charge on any atom is 0.250 e. The van der Waals surface area contributed by atoms with Crippen molar-refractivity contribution < 1.29 is 9.90 Å². The van der Waals surface area contributed by atoms with Crippen molar-refractivity contribution in [3.63, 3.8) is 0 Å². The van der Waals surface area contributed by atoms with Crippen LogP contribution in [0, 0.1) is 0 Å². The van der Waals surface area contributed by atoms with E-state index in [2.05, 4.69) is 20.9 Å². The van der Waals surface area contributed by atoms with E-state index in [1.165, 1.54) is 6.20 Å². The molecule has 0 unspecified atom stereocenters. The van der Waals surface area contributed by atoms with E-state index in [0.29, 0.717) is 12.1 Å². The van der Waals surface area contributed by atoms with Gasteiger partial charge in [-0.15, -0.1) is 0 Å². The van der Waals surface area contributed by atoms with Crippen molar-refractivity contribution in [3.05, 3.63) is 52.1 Å². The van der Waals surface area contributed by atoms with Crippen molar-refractivity contribution in [2.24, 2.45) is 5.73 Å². The summed E-state index contributed by atoms with van der Waals surface area (Å²) >= 11 is 3.39. The normalized spacial score (nSPS) is 10.4. The second-order valence-electron chi connectivity index (χ2n) is 4.56. The fourth-order valence-electron chi connectivity index (χ4n) is 1.96. The Bertz CT molecular complexity index is 644. The van der Waals surface area contributed by atoms with Gasteiger partial charge in [0.1, 0.15) is 11.6 Å². The van der Waals surface area contributed by atoms with Crippen LogP contribution in [0.2, 0.25) is 0 Å². The third-order valence-electron chi connectivity index (χ3n) is 3.14. The van der Waals surface area contributed by atoms with Gasteiger partial charge in [-0.2, -0.15) is 0 Å². The Morgan fingerprint density at radius 3 is 2.71 bits per heavy atom. The van der Waals surface area contributed by atoms with Crippen molar-refractivity contribution >= 4 is 27.7 Å². The minimum absolute atomic E-state index is 0.241. The van der Waals surface area contributed by atoms with Crippen LogP contribution < -0.4 is 10.6 Å². The summed E-state index contributed by atoms with van der Waals surface area (Å²) in [5.74, 6) is 0.467. The maximum absolute atomic E-state index is 11.1. The number of benzene rings is 1. The number of carbonyl (C=O) groups is 1. The molecule has 1 heterocycles. The number of nitrogens with zero attached hydrogens (tertiary/aromatic N) is 2. The second kappa shape index (κ2) is 6.58. The molecule has 0 fully saturated rings. The van der Waals surface area contributed by atoms with E-state index in [1.807, 2.05) is 17.9 Å². The zero-order chi connectivity index (χ0) is 15.4. The molecule has 0 aliphatic rings. The first-order valence-corrected chi connectivity index (χ1v) is 7.28. The first-order valence-electron chi connectivity index (χ1n) is 6.49. The summed E-state index contributed by atoms with van der Waals surface area (Å²) in [7, 11) is 0. The predicted molar refractivity (Wildman–Crippen MR) is 85.3 cm³/mol. The number of hydrogen-bond acceptors (Lipinski definition) is 4. The van der Waals surface area contributed by atoms with Gasteiger partial charge in [0.15, 0.2) is 0 Å². The highest BCUT2D eigenvalue weighted by Crippen LogP contribution is 2.25. The molecule has 0 aliphatic carbocycles. The second-order valence-corrected chi connectivity index (χ2v) is 5.47. The van der Waals surface area contributed by atoms with Crippen LogP contribution in [0.25, 0.3) is 0 Å². The van der Waals surface area contributed by atoms with Crippen molar-refractivity contribution in [2.75, 3.05) is 11.4 Å². The molecule has 1 aromatic carbocycles. The smallest absolute Gasteiger partial charge is 0.250 e. The van der Waals surface area contributed by atoms with Crippen LogP contribution in [0.3, 0.4) is 0 Å². The fourth-order valence-corrected chi connectivity index (χ4v) is 2.37. The molecule has 2 rings (SSSR count). The lowest BCUT2D eigenvalue weighted by Crippen LogP contribution is -2.23. The number of carbonyl (C=O) groups excluding carboxylic acids is 1. The number of hydrogen-bond donors (Lipinski definition) is 2. The molecule has 0 bridgehead atoms. The average Bonchev–Trinajstić information content (AvgIpc) is 2.48. The first kappa shape index (κ1) is 15.3. The third kappa shape index (κ3) is 3.72. The number of phenols is 1. The lowest BCUT2D eigenvalue weighted by molar-refractivity contribution is 0.1000. The molecule has 0 saturated carbocycles. The molecule has 0 radical (unpaired) electrons. The van der Waals surface area contributed by atoms with Gasteiger partial charge in [-0.25, -0.2) is 4.98 Å². The van der Waals surface area contributed by atoms with Crippen LogP contribution in [-0.2, 0) is 6.54 Å². The maximum atomic E-state index is 11.1. The molecule has 0 aliphatic heterocycles. The van der Waals surface area contributed by atoms with E-state index >= 15 is 0 Å². The molecule has 5 nitrogen and oxygen atoms in total. The quantitative estimate of drug-likeness (QED) is 0.869. The highest BCUT2D eigenvalue weighted by Gasteiger charge is 2.11. The summed E-state index contributed by atoms with van der Waals surface area (Å²) in [4.78, 5) is 17.3. The Labute approximate surface area is 131 Å². The molecule has 1 aromatic heterocycles. The Morgan fingerprint density at radius 1 is 1.38 bits per heavy atom. The highest BCUT2D eigenvalue weighted by atomic mass is 79.9. The Morgan fingerprint density at radius 2 is 2.14 bits per heavy atom. The number of nitrogens with two attached hydrogens (primary N) is 1. The van der Waals surface area contributed by atoms with Crippen molar-refractivity contribution in [2.45, 2.75) is 13.5 Å². The van der Waals surface area contributed by atoms with Crippen molar-refractivity contribution in [1.29, 1.82) is 0 Å². The Hall–Kier alpha value is -2.08. The molecular weight excluding hydrogens is 334 g/mol. The van der Waals surface area contributed by atoms with E-state index in [4.69, 9.17) is 5.73 Å². The average molecular weight is 350 g/mol. The lowest BCUT2D eigenvalue weighted by Gasteiger charge is -2.22. The zero-order valence-electron chi connectivity index (χ0n) is 11.6. The SMILES string of the molecule is CCN(Cc1cc(Br)ccc1O)c1ccc(C(N)=O)cn1. The van der Waals surface area contributed by atoms with Crippen LogP contribution in [0.1, 0.15) is 22.8 Å². The molecule has 21 heavy (non-hydrogen) atoms. The van der Waals surface area contributed by atoms with Gasteiger partial charge in [-0.3, -0.25) is 4.79 Å². The minimum Gasteiger partial charge on any atom is -0.508 e. The Kier molecular flexibility index (Phi) is 4.80. The third-order valence-corrected chi connectivity index (χ3v) is 3.63. The van der Waals surface area contributed by atoms with Gasteiger partial charge >= 0.3 is 0 Å². The lowest BCUT2D eigenvalue weighted by atomic mass is 10.2. The molecule has 0 saturated heterocycles. The van der Waals surface area contributed by atoms with Crippen LogP contribution >= 0.6 is 15.9 Å². The van der Waals surface area contributed by atoms with Gasteiger partial charge in [-0.05, 0) is 37.3 Å². The van der Waals surface area contributed by atoms with Crippen molar-refractivity contribution in [1.82, 2.24) is 4.98 Å². The van der Waals surface area contributed by atoms with Crippen LogP contribution in [0.15, 0.2) is 41.0 Å². The first-order chi connectivity index (χ1) is 10.0. The largest absolute Gasteiger partial charge is 0.508 e. The summed E-state index contributed by atoms with van der Waals surface area (Å²) in [6, 6.07) is 8.70. The van der Waals surface area contributed by atoms with Gasteiger partial charge in [0.25, 0.3) is 0 Å². The van der Waals surface area contributed by atoms with Crippen molar-refractivity contribution in [3.8, 4) is 5.75 Å². The van der Waals surface area contributed by atoms with Gasteiger partial charge in [0, 0.05) is 29.3 Å². The summed E-state index contributed by atoms with van der Waals surface area (Å²) in [5, 5.41) is 9.91. The monoisotopic (exact) mass is 349 g/mol. The number of anilines is 1. The predicted octanol–water partition coefficient (Wildman–Crippen LogP) is 2.68. The number of pyridine rings is 1. The zero-order valence-corrected chi connectivity index (χ0v) is 13.2. The molecule has 110 valence electrons. The van der Waals surface area contributed by atoms with E-state index < -0.39 is 5.91 Å². The van der Waals surface area contributed by atoms with Gasteiger partial charge in [0.05, 0.1) is 5.56 Å². The summed E-state index contributed by atoms with van der Waals surface area (Å²) in [6.45, 7) is 3.23. The fraction of sp³-hybridized carbons (Fsp3) is 0.200. The standard InChI is InChI=1S/C15H16BrN3O2/c1-2-19(9-11-7-12(16)4-5-13(11)20)14-6-3-10(8-18-14)15(17)21/h3-8,20H,2,9H2,1H3,(H2,17,21). The number of primary amides is 1. The highest BCUT2D eigenvalue weighted by molar-refractivity contribution is 9.10. The number of amides is 1. The molecule has 1 amide bonds. The molecule has 0 atom stereocenters.